The molecule has 168 valence electrons. The van der Waals surface area contributed by atoms with Crippen molar-refractivity contribution < 1.29 is 22.3 Å². The monoisotopic (exact) mass is 426 g/mol. The van der Waals surface area contributed by atoms with Crippen LogP contribution in [0, 0.1) is 29.4 Å². The molecule has 0 atom stereocenters. The van der Waals surface area contributed by atoms with E-state index in [4.69, 9.17) is 0 Å². The normalized spacial score (nSPS) is 27.7. The van der Waals surface area contributed by atoms with Gasteiger partial charge in [-0.05, 0) is 106 Å². The third-order valence-corrected chi connectivity index (χ3v) is 7.16. The summed E-state index contributed by atoms with van der Waals surface area (Å²) in [4.78, 5) is 0. The Morgan fingerprint density at radius 3 is 2.10 bits per heavy atom. The van der Waals surface area contributed by atoms with Crippen LogP contribution in [0.2, 0.25) is 0 Å². The van der Waals surface area contributed by atoms with Crippen LogP contribution < -0.4 is 4.74 Å². The Balaban J connectivity index is 1.41. The molecular formula is C25H34F4O. The Labute approximate surface area is 177 Å². The molecule has 3 rings (SSSR count). The highest BCUT2D eigenvalue weighted by molar-refractivity contribution is 5.33. The molecule has 0 saturated heterocycles. The quantitative estimate of drug-likeness (QED) is 0.299. The number of ether oxygens (including phenoxy) is 1. The van der Waals surface area contributed by atoms with Gasteiger partial charge in [0.05, 0.1) is 0 Å². The third kappa shape index (κ3) is 6.49. The molecule has 0 bridgehead atoms. The van der Waals surface area contributed by atoms with E-state index >= 15 is 0 Å². The van der Waals surface area contributed by atoms with Crippen molar-refractivity contribution in [3.63, 3.8) is 0 Å². The van der Waals surface area contributed by atoms with Crippen LogP contribution in [-0.4, -0.2) is 6.61 Å². The fourth-order valence-electron chi connectivity index (χ4n) is 5.21. The summed E-state index contributed by atoms with van der Waals surface area (Å²) in [6.45, 7) is -0.949. The van der Waals surface area contributed by atoms with Crippen molar-refractivity contribution in [2.45, 2.75) is 90.1 Å². The van der Waals surface area contributed by atoms with Gasteiger partial charge >= 0.3 is 6.61 Å². The van der Waals surface area contributed by atoms with Crippen molar-refractivity contribution in [3.05, 3.63) is 41.5 Å². The molecule has 2 aliphatic carbocycles. The van der Waals surface area contributed by atoms with Crippen LogP contribution >= 0.6 is 0 Å². The molecule has 2 aliphatic rings. The van der Waals surface area contributed by atoms with Crippen LogP contribution in [0.5, 0.6) is 5.75 Å². The Bertz CT molecular complexity index is 663. The second kappa shape index (κ2) is 11.2. The highest BCUT2D eigenvalue weighted by atomic mass is 19.3. The summed E-state index contributed by atoms with van der Waals surface area (Å²) < 4.78 is 56.5. The Kier molecular flexibility index (Phi) is 8.64. The first-order valence-corrected chi connectivity index (χ1v) is 11.6. The molecular weight excluding hydrogens is 392 g/mol. The van der Waals surface area contributed by atoms with Crippen LogP contribution in [0.4, 0.5) is 17.6 Å². The van der Waals surface area contributed by atoms with Crippen molar-refractivity contribution in [2.24, 2.45) is 17.8 Å². The summed E-state index contributed by atoms with van der Waals surface area (Å²) in [6, 6.07) is 2.31. The molecule has 0 heterocycles. The fraction of sp³-hybridized carbons (Fsp3) is 0.680. The van der Waals surface area contributed by atoms with Gasteiger partial charge in [0.1, 0.15) is 0 Å². The molecule has 1 aromatic rings. The maximum atomic E-state index is 14.0. The van der Waals surface area contributed by atoms with Gasteiger partial charge in [0.2, 0.25) is 0 Å². The molecule has 2 saturated carbocycles. The number of alkyl halides is 2. The topological polar surface area (TPSA) is 9.23 Å². The average molecular weight is 427 g/mol. The highest BCUT2D eigenvalue weighted by Crippen LogP contribution is 2.39. The van der Waals surface area contributed by atoms with Gasteiger partial charge in [0.25, 0.3) is 0 Å². The Hall–Kier alpha value is -1.52. The molecule has 1 aromatic carbocycles. The summed E-state index contributed by atoms with van der Waals surface area (Å²) in [7, 11) is 0. The SMILES string of the molecule is CCC1CCC(/C=C/CCC2CCC(c3cc(F)c(OC(F)F)c(F)c3)CC2)CC1. The zero-order valence-electron chi connectivity index (χ0n) is 17.9. The van der Waals surface area contributed by atoms with Gasteiger partial charge in [-0.25, -0.2) is 8.78 Å². The van der Waals surface area contributed by atoms with Crippen molar-refractivity contribution in [2.75, 3.05) is 0 Å². The van der Waals surface area contributed by atoms with E-state index in [9.17, 15) is 17.6 Å². The van der Waals surface area contributed by atoms with Gasteiger partial charge in [0.15, 0.2) is 17.4 Å². The zero-order valence-corrected chi connectivity index (χ0v) is 17.9. The molecule has 0 unspecified atom stereocenters. The van der Waals surface area contributed by atoms with Crippen molar-refractivity contribution in [3.8, 4) is 5.75 Å². The maximum Gasteiger partial charge on any atom is 0.387 e. The molecule has 0 aromatic heterocycles. The van der Waals surface area contributed by atoms with Crippen LogP contribution in [0.1, 0.15) is 89.0 Å². The largest absolute Gasteiger partial charge is 0.429 e. The van der Waals surface area contributed by atoms with E-state index < -0.39 is 24.0 Å². The van der Waals surface area contributed by atoms with Gasteiger partial charge in [-0.3, -0.25) is 0 Å². The second-order valence-electron chi connectivity index (χ2n) is 9.10. The van der Waals surface area contributed by atoms with E-state index in [1.54, 1.807) is 0 Å². The summed E-state index contributed by atoms with van der Waals surface area (Å²) in [5.74, 6) is -0.674. The van der Waals surface area contributed by atoms with E-state index in [-0.39, 0.29) is 5.92 Å². The predicted octanol–water partition coefficient (Wildman–Crippen LogP) is 8.39. The van der Waals surface area contributed by atoms with E-state index in [1.807, 2.05) is 0 Å². The minimum absolute atomic E-state index is 0.0788. The van der Waals surface area contributed by atoms with Crippen LogP contribution in [-0.2, 0) is 0 Å². The predicted molar refractivity (Wildman–Crippen MR) is 112 cm³/mol. The second-order valence-corrected chi connectivity index (χ2v) is 9.10. The number of hydrogen-bond donors (Lipinski definition) is 0. The number of hydrogen-bond acceptors (Lipinski definition) is 1. The molecule has 0 aliphatic heterocycles. The number of benzene rings is 1. The molecule has 1 nitrogen and oxygen atoms in total. The van der Waals surface area contributed by atoms with Gasteiger partial charge in [-0.15, -0.1) is 0 Å². The van der Waals surface area contributed by atoms with E-state index in [1.165, 1.54) is 32.1 Å². The van der Waals surface area contributed by atoms with Crippen molar-refractivity contribution in [1.29, 1.82) is 0 Å². The molecule has 0 amide bonds. The Morgan fingerprint density at radius 1 is 0.933 bits per heavy atom. The fourth-order valence-corrected chi connectivity index (χ4v) is 5.21. The lowest BCUT2D eigenvalue weighted by Gasteiger charge is -2.29. The Morgan fingerprint density at radius 2 is 1.53 bits per heavy atom. The maximum absolute atomic E-state index is 14.0. The van der Waals surface area contributed by atoms with E-state index in [2.05, 4.69) is 23.8 Å². The van der Waals surface area contributed by atoms with Crippen molar-refractivity contribution >= 4 is 0 Å². The molecule has 5 heteroatoms. The number of allylic oxidation sites excluding steroid dienone is 2. The summed E-state index contributed by atoms with van der Waals surface area (Å²) in [5, 5.41) is 0. The van der Waals surface area contributed by atoms with E-state index in [0.717, 1.165) is 62.5 Å². The lowest BCUT2D eigenvalue weighted by molar-refractivity contribution is -0.0546. The molecule has 0 radical (unpaired) electrons. The lowest BCUT2D eigenvalue weighted by Crippen LogP contribution is -2.14. The summed E-state index contributed by atoms with van der Waals surface area (Å²) in [6.07, 6.45) is 17.6. The van der Waals surface area contributed by atoms with Gasteiger partial charge in [-0.1, -0.05) is 25.5 Å². The average Bonchev–Trinajstić information content (AvgIpc) is 2.74. The van der Waals surface area contributed by atoms with Gasteiger partial charge in [0, 0.05) is 0 Å². The summed E-state index contributed by atoms with van der Waals surface area (Å²) >= 11 is 0. The van der Waals surface area contributed by atoms with Crippen LogP contribution in [0.25, 0.3) is 0 Å². The first-order valence-electron chi connectivity index (χ1n) is 11.6. The van der Waals surface area contributed by atoms with Gasteiger partial charge < -0.3 is 4.74 Å². The minimum atomic E-state index is -3.24. The first kappa shape index (κ1) is 23.1. The molecule has 0 spiro atoms. The molecule has 0 N–H and O–H groups in total. The third-order valence-electron chi connectivity index (χ3n) is 7.16. The minimum Gasteiger partial charge on any atom is -0.429 e. The standard InChI is InChI=1S/C25H34F4O/c1-2-17-7-9-18(10-8-17)5-3-4-6-19-11-13-20(14-12-19)21-15-22(26)24(23(27)16-21)30-25(28)29/h3,5,15-20,25H,2,4,6-14H2,1H3/b5-3+. The van der Waals surface area contributed by atoms with Crippen LogP contribution in [0.15, 0.2) is 24.3 Å². The van der Waals surface area contributed by atoms with Gasteiger partial charge in [-0.2, -0.15) is 8.78 Å². The number of rotatable bonds is 8. The zero-order chi connectivity index (χ0) is 21.5. The lowest BCUT2D eigenvalue weighted by atomic mass is 9.77. The highest BCUT2D eigenvalue weighted by Gasteiger charge is 2.25. The summed E-state index contributed by atoms with van der Waals surface area (Å²) in [5.41, 5.74) is 0.549. The van der Waals surface area contributed by atoms with E-state index in [0.29, 0.717) is 11.5 Å². The van der Waals surface area contributed by atoms with Crippen LogP contribution in [0.3, 0.4) is 0 Å². The molecule has 2 fully saturated rings. The number of halogens is 4. The first-order chi connectivity index (χ1) is 14.5. The smallest absolute Gasteiger partial charge is 0.387 e. The molecule has 30 heavy (non-hydrogen) atoms. The van der Waals surface area contributed by atoms with Crippen molar-refractivity contribution in [1.82, 2.24) is 0 Å².